The molecule has 2 aromatic carbocycles. The van der Waals surface area contributed by atoms with Crippen molar-refractivity contribution in [2.45, 2.75) is 44.5 Å². The van der Waals surface area contributed by atoms with Crippen molar-refractivity contribution in [2.24, 2.45) is 0 Å². The topological polar surface area (TPSA) is 41.6 Å². The maximum Gasteiger partial charge on any atom is 0.220 e. The van der Waals surface area contributed by atoms with E-state index in [9.17, 15) is 4.79 Å². The first-order valence-corrected chi connectivity index (χ1v) is 9.38. The van der Waals surface area contributed by atoms with Gasteiger partial charge in [0.2, 0.25) is 5.91 Å². The predicted molar refractivity (Wildman–Crippen MR) is 104 cm³/mol. The van der Waals surface area contributed by atoms with E-state index in [0.29, 0.717) is 6.42 Å². The highest BCUT2D eigenvalue weighted by atomic mass is 16.5. The Morgan fingerprint density at radius 2 is 1.77 bits per heavy atom. The number of nitrogens with zero attached hydrogens (tertiary/aromatic N) is 1. The van der Waals surface area contributed by atoms with Crippen LogP contribution in [0.1, 0.15) is 36.9 Å². The zero-order valence-corrected chi connectivity index (χ0v) is 15.6. The first kappa shape index (κ1) is 18.6. The number of carbonyl (C=O) groups is 1. The molecule has 4 nitrogen and oxygen atoms in total. The number of rotatable bonds is 6. The average Bonchev–Trinajstić information content (AvgIpc) is 2.70. The molecule has 1 heterocycles. The van der Waals surface area contributed by atoms with Gasteiger partial charge in [0.1, 0.15) is 0 Å². The fraction of sp³-hybridized carbons (Fsp3) is 0.409. The van der Waals surface area contributed by atoms with E-state index in [0.717, 1.165) is 19.5 Å². The third-order valence-corrected chi connectivity index (χ3v) is 5.14. The summed E-state index contributed by atoms with van der Waals surface area (Å²) in [6.45, 7) is 3.67. The average molecular weight is 352 g/mol. The summed E-state index contributed by atoms with van der Waals surface area (Å²) in [6, 6.07) is 21.1. The van der Waals surface area contributed by atoms with Crippen molar-refractivity contribution < 1.29 is 9.53 Å². The normalized spacial score (nSPS) is 23.5. The molecule has 1 aliphatic rings. The van der Waals surface area contributed by atoms with Gasteiger partial charge in [0.15, 0.2) is 0 Å². The Hall–Kier alpha value is -2.17. The van der Waals surface area contributed by atoms with E-state index >= 15 is 0 Å². The number of hydrogen-bond acceptors (Lipinski definition) is 3. The lowest BCUT2D eigenvalue weighted by Crippen LogP contribution is -2.56. The molecule has 3 rings (SSSR count). The van der Waals surface area contributed by atoms with Gasteiger partial charge in [-0.15, -0.1) is 0 Å². The Balaban J connectivity index is 1.88. The number of ether oxygens (including phenoxy) is 1. The summed E-state index contributed by atoms with van der Waals surface area (Å²) in [6.07, 6.45) is 1.31. The van der Waals surface area contributed by atoms with Crippen LogP contribution in [0, 0.1) is 0 Å². The fourth-order valence-electron chi connectivity index (χ4n) is 3.84. The molecule has 1 amide bonds. The number of hydrogen-bond donors (Lipinski definition) is 1. The molecule has 1 aliphatic heterocycles. The molecule has 0 saturated carbocycles. The maximum absolute atomic E-state index is 12.0. The molecule has 3 atom stereocenters. The van der Waals surface area contributed by atoms with Gasteiger partial charge in [0.05, 0.1) is 18.2 Å². The first-order valence-electron chi connectivity index (χ1n) is 9.38. The summed E-state index contributed by atoms with van der Waals surface area (Å²) in [5.74, 6) is 0.0837. The van der Waals surface area contributed by atoms with Crippen molar-refractivity contribution in [3.05, 3.63) is 71.8 Å². The van der Waals surface area contributed by atoms with Crippen LogP contribution in [0.4, 0.5) is 0 Å². The van der Waals surface area contributed by atoms with E-state index in [1.807, 2.05) is 19.1 Å². The molecule has 26 heavy (non-hydrogen) atoms. The Bertz CT molecular complexity index is 690. The molecule has 0 radical (unpaired) electrons. The van der Waals surface area contributed by atoms with Gasteiger partial charge in [0, 0.05) is 26.6 Å². The van der Waals surface area contributed by atoms with Crippen LogP contribution in [0.2, 0.25) is 0 Å². The minimum atomic E-state index is -0.0784. The summed E-state index contributed by atoms with van der Waals surface area (Å²) >= 11 is 0. The van der Waals surface area contributed by atoms with Crippen LogP contribution in [0.3, 0.4) is 0 Å². The molecule has 1 N–H and O–H groups in total. The van der Waals surface area contributed by atoms with Crippen molar-refractivity contribution >= 4 is 5.91 Å². The third-order valence-electron chi connectivity index (χ3n) is 5.14. The largest absolute Gasteiger partial charge is 0.377 e. The van der Waals surface area contributed by atoms with E-state index in [1.54, 1.807) is 7.11 Å². The lowest BCUT2D eigenvalue weighted by molar-refractivity contribution is -0.124. The van der Waals surface area contributed by atoms with Crippen molar-refractivity contribution in [3.8, 4) is 0 Å². The van der Waals surface area contributed by atoms with Crippen LogP contribution in [-0.4, -0.2) is 36.6 Å². The molecule has 0 bridgehead atoms. The molecule has 0 spiro atoms. The van der Waals surface area contributed by atoms with Gasteiger partial charge in [-0.05, 0) is 17.5 Å². The smallest absolute Gasteiger partial charge is 0.220 e. The zero-order chi connectivity index (χ0) is 18.4. The second-order valence-corrected chi connectivity index (χ2v) is 6.83. The lowest BCUT2D eigenvalue weighted by atomic mass is 9.88. The Morgan fingerprint density at radius 1 is 1.12 bits per heavy atom. The van der Waals surface area contributed by atoms with Crippen LogP contribution in [0.15, 0.2) is 60.7 Å². The monoisotopic (exact) mass is 352 g/mol. The van der Waals surface area contributed by atoms with Crippen molar-refractivity contribution in [2.75, 3.05) is 13.7 Å². The predicted octanol–water partition coefficient (Wildman–Crippen LogP) is 3.54. The molecular weight excluding hydrogens is 324 g/mol. The number of carbonyl (C=O) groups excluding carboxylic acids is 1. The molecule has 0 aliphatic carbocycles. The molecule has 3 unspecified atom stereocenters. The van der Waals surface area contributed by atoms with Gasteiger partial charge in [-0.2, -0.15) is 0 Å². The number of methoxy groups -OCH3 is 1. The fourth-order valence-corrected chi connectivity index (χ4v) is 3.84. The highest BCUT2D eigenvalue weighted by Crippen LogP contribution is 2.34. The van der Waals surface area contributed by atoms with E-state index in [2.05, 4.69) is 58.7 Å². The van der Waals surface area contributed by atoms with Crippen LogP contribution >= 0.6 is 0 Å². The molecular formula is C22H28N2O2. The van der Waals surface area contributed by atoms with E-state index in [1.165, 1.54) is 11.1 Å². The van der Waals surface area contributed by atoms with Gasteiger partial charge in [-0.3, -0.25) is 9.69 Å². The summed E-state index contributed by atoms with van der Waals surface area (Å²) in [7, 11) is 1.75. The zero-order valence-electron chi connectivity index (χ0n) is 15.6. The van der Waals surface area contributed by atoms with Crippen molar-refractivity contribution in [1.29, 1.82) is 0 Å². The Kier molecular flexibility index (Phi) is 6.42. The third kappa shape index (κ3) is 4.32. The molecule has 1 fully saturated rings. The first-order chi connectivity index (χ1) is 12.7. The van der Waals surface area contributed by atoms with Crippen LogP contribution in [-0.2, 0) is 16.1 Å². The Morgan fingerprint density at radius 3 is 2.38 bits per heavy atom. The van der Waals surface area contributed by atoms with Gasteiger partial charge in [-0.25, -0.2) is 0 Å². The minimum Gasteiger partial charge on any atom is -0.377 e. The molecule has 4 heteroatoms. The summed E-state index contributed by atoms with van der Waals surface area (Å²) < 4.78 is 5.93. The highest BCUT2D eigenvalue weighted by Gasteiger charge is 2.39. The van der Waals surface area contributed by atoms with E-state index < -0.39 is 0 Å². The summed E-state index contributed by atoms with van der Waals surface area (Å²) in [5.41, 5.74) is 2.52. The second kappa shape index (κ2) is 8.97. The van der Waals surface area contributed by atoms with E-state index in [-0.39, 0.29) is 24.1 Å². The number of likely N-dealkylation sites (tertiary alicyclic amines) is 1. The van der Waals surface area contributed by atoms with Crippen molar-refractivity contribution in [1.82, 2.24) is 10.2 Å². The van der Waals surface area contributed by atoms with E-state index in [4.69, 9.17) is 4.74 Å². The lowest BCUT2D eigenvalue weighted by Gasteiger charge is -2.45. The summed E-state index contributed by atoms with van der Waals surface area (Å²) in [4.78, 5) is 14.4. The van der Waals surface area contributed by atoms with Gasteiger partial charge < -0.3 is 10.1 Å². The molecule has 0 aromatic heterocycles. The minimum absolute atomic E-state index is 0.0321. The number of benzene rings is 2. The van der Waals surface area contributed by atoms with Crippen molar-refractivity contribution in [3.63, 3.8) is 0 Å². The van der Waals surface area contributed by atoms with Crippen LogP contribution < -0.4 is 5.32 Å². The number of nitrogens with one attached hydrogen (secondary N) is 1. The van der Waals surface area contributed by atoms with Gasteiger partial charge in [-0.1, -0.05) is 67.6 Å². The number of amides is 1. The van der Waals surface area contributed by atoms with Gasteiger partial charge in [0.25, 0.3) is 0 Å². The maximum atomic E-state index is 12.0. The molecule has 1 saturated heterocycles. The SMILES string of the molecule is CCC(=O)NC1CCN(Cc2ccccc2)C(c2ccccc2)C1OC. The number of piperidine rings is 1. The Labute approximate surface area is 156 Å². The van der Waals surface area contributed by atoms with Crippen LogP contribution in [0.25, 0.3) is 0 Å². The van der Waals surface area contributed by atoms with Gasteiger partial charge >= 0.3 is 0 Å². The standard InChI is InChI=1S/C22H28N2O2/c1-3-20(25)23-19-14-15-24(16-17-10-6-4-7-11-17)21(22(19)26-2)18-12-8-5-9-13-18/h4-13,19,21-22H,3,14-16H2,1-2H3,(H,23,25). The quantitative estimate of drug-likeness (QED) is 0.864. The molecule has 138 valence electrons. The second-order valence-electron chi connectivity index (χ2n) is 6.83. The summed E-state index contributed by atoms with van der Waals surface area (Å²) in [5, 5.41) is 3.16. The molecule has 2 aromatic rings. The highest BCUT2D eigenvalue weighted by molar-refractivity contribution is 5.75. The van der Waals surface area contributed by atoms with Crippen LogP contribution in [0.5, 0.6) is 0 Å².